The summed E-state index contributed by atoms with van der Waals surface area (Å²) in [7, 11) is -0.782. The van der Waals surface area contributed by atoms with E-state index in [1.165, 1.54) is 6.07 Å². The van der Waals surface area contributed by atoms with E-state index >= 15 is 0 Å². The smallest absolute Gasteiger partial charge is 0.399 e. The zero-order chi connectivity index (χ0) is 22.4. The number of nitro benzene ring substituents is 1. The van der Waals surface area contributed by atoms with E-state index in [-0.39, 0.29) is 30.2 Å². The van der Waals surface area contributed by atoms with Crippen molar-refractivity contribution in [1.29, 1.82) is 0 Å². The maximum atomic E-state index is 12.4. The second kappa shape index (κ2) is 7.49. The van der Waals surface area contributed by atoms with Gasteiger partial charge in [0.2, 0.25) is 0 Å². The van der Waals surface area contributed by atoms with Crippen molar-refractivity contribution in [2.45, 2.75) is 45.8 Å². The molecule has 3 rings (SSSR count). The molecule has 2 aliphatic rings. The van der Waals surface area contributed by atoms with E-state index < -0.39 is 35.1 Å². The maximum absolute atomic E-state index is 12.4. The van der Waals surface area contributed by atoms with Crippen LogP contribution in [-0.4, -0.2) is 58.2 Å². The van der Waals surface area contributed by atoms with Gasteiger partial charge in [0.1, 0.15) is 11.4 Å². The zero-order valence-electron chi connectivity index (χ0n) is 17.5. The van der Waals surface area contributed by atoms with Gasteiger partial charge >= 0.3 is 7.12 Å². The van der Waals surface area contributed by atoms with E-state index in [4.69, 9.17) is 14.4 Å². The van der Waals surface area contributed by atoms with E-state index in [1.807, 2.05) is 27.7 Å². The molecule has 160 valence electrons. The molecule has 11 heteroatoms. The number of hydrogen-bond donors (Lipinski definition) is 2. The first-order valence-electron chi connectivity index (χ1n) is 9.48. The molecule has 0 bridgehead atoms. The summed E-state index contributed by atoms with van der Waals surface area (Å²) >= 11 is 0. The molecule has 2 heterocycles. The molecule has 0 atom stereocenters. The van der Waals surface area contributed by atoms with Crippen LogP contribution in [0.15, 0.2) is 23.9 Å². The number of rotatable bonds is 6. The number of anilines is 1. The van der Waals surface area contributed by atoms with Crippen LogP contribution in [0.5, 0.6) is 0 Å². The number of aliphatic hydroxyl groups is 1. The highest BCUT2D eigenvalue weighted by atomic mass is 16.7. The molecule has 1 fully saturated rings. The second-order valence-corrected chi connectivity index (χ2v) is 8.28. The van der Waals surface area contributed by atoms with Crippen LogP contribution in [-0.2, 0) is 18.9 Å². The normalized spacial score (nSPS) is 20.0. The Labute approximate surface area is 174 Å². The highest BCUT2D eigenvalue weighted by Crippen LogP contribution is 2.37. The van der Waals surface area contributed by atoms with Crippen molar-refractivity contribution in [3.63, 3.8) is 0 Å². The van der Waals surface area contributed by atoms with Gasteiger partial charge < -0.3 is 19.7 Å². The highest BCUT2D eigenvalue weighted by Gasteiger charge is 2.52. The van der Waals surface area contributed by atoms with Crippen molar-refractivity contribution in [3.05, 3.63) is 39.6 Å². The Kier molecular flexibility index (Phi) is 5.48. The van der Waals surface area contributed by atoms with Gasteiger partial charge in [0, 0.05) is 12.1 Å². The molecule has 1 aromatic rings. The number of imide groups is 1. The van der Waals surface area contributed by atoms with Crippen LogP contribution in [0.25, 0.3) is 0 Å². The number of amides is 2. The number of carbonyl (C=O) groups excluding carboxylic acids is 2. The third-order valence-corrected chi connectivity index (χ3v) is 5.65. The average molecular weight is 417 g/mol. The van der Waals surface area contributed by atoms with Crippen LogP contribution in [0, 0.1) is 17.0 Å². The average Bonchev–Trinajstić information content (AvgIpc) is 3.02. The molecule has 1 saturated heterocycles. The van der Waals surface area contributed by atoms with Crippen LogP contribution in [0.1, 0.15) is 33.3 Å². The van der Waals surface area contributed by atoms with Gasteiger partial charge in [-0.15, -0.1) is 0 Å². The number of nitrogens with zero attached hydrogens (tertiary/aromatic N) is 2. The molecule has 2 amide bonds. The number of benzene rings is 1. The first-order chi connectivity index (χ1) is 13.9. The van der Waals surface area contributed by atoms with Crippen LogP contribution in [0.3, 0.4) is 0 Å². The van der Waals surface area contributed by atoms with Gasteiger partial charge in [-0.1, -0.05) is 6.07 Å². The van der Waals surface area contributed by atoms with Gasteiger partial charge in [-0.05, 0) is 45.6 Å². The summed E-state index contributed by atoms with van der Waals surface area (Å²) in [6, 6.07) is 3.02. The van der Waals surface area contributed by atoms with Gasteiger partial charge in [0.25, 0.3) is 17.5 Å². The Morgan fingerprint density at radius 1 is 1.20 bits per heavy atom. The molecule has 0 aromatic heterocycles. The standard InChI is InChI=1S/C19H24BN3O7/c1-11-8-12(20-29-18(2,3)19(4,5)30-20)9-14(23(27)28)16(11)21-13-10-15(25)22(6-7-24)17(13)26/h8-10,21,24H,6-7H2,1-5H3. The lowest BCUT2D eigenvalue weighted by Gasteiger charge is -2.32. The zero-order valence-corrected chi connectivity index (χ0v) is 17.5. The summed E-state index contributed by atoms with van der Waals surface area (Å²) in [5.74, 6) is -1.25. The molecular formula is C19H24BN3O7. The van der Waals surface area contributed by atoms with Gasteiger partial charge in [-0.3, -0.25) is 24.6 Å². The van der Waals surface area contributed by atoms with E-state index in [0.29, 0.717) is 11.0 Å². The molecule has 10 nitrogen and oxygen atoms in total. The Bertz CT molecular complexity index is 942. The predicted octanol–water partition coefficient (Wildman–Crippen LogP) is 0.859. The maximum Gasteiger partial charge on any atom is 0.495 e. The lowest BCUT2D eigenvalue weighted by molar-refractivity contribution is -0.383. The lowest BCUT2D eigenvalue weighted by Crippen LogP contribution is -2.41. The number of aryl methyl sites for hydroxylation is 1. The number of nitro groups is 1. The Morgan fingerprint density at radius 3 is 2.33 bits per heavy atom. The van der Waals surface area contributed by atoms with Gasteiger partial charge in [-0.2, -0.15) is 0 Å². The SMILES string of the molecule is Cc1cc(B2OC(C)(C)C(C)(C)O2)cc([N+](=O)[O-])c1NC1=CC(=O)N(CCO)C1=O. The molecular weight excluding hydrogens is 393 g/mol. The monoisotopic (exact) mass is 417 g/mol. The van der Waals surface area contributed by atoms with Crippen molar-refractivity contribution >= 4 is 35.8 Å². The quantitative estimate of drug-likeness (QED) is 0.302. The second-order valence-electron chi connectivity index (χ2n) is 8.28. The summed E-state index contributed by atoms with van der Waals surface area (Å²) in [5, 5.41) is 23.5. The Hall–Kier alpha value is -2.76. The molecule has 0 unspecified atom stereocenters. The summed E-state index contributed by atoms with van der Waals surface area (Å²) in [5.41, 5.74) is -0.518. The lowest BCUT2D eigenvalue weighted by atomic mass is 9.78. The number of carbonyl (C=O) groups is 2. The van der Waals surface area contributed by atoms with Crippen molar-refractivity contribution in [1.82, 2.24) is 4.90 Å². The first-order valence-corrected chi connectivity index (χ1v) is 9.48. The van der Waals surface area contributed by atoms with Crippen LogP contribution in [0.4, 0.5) is 11.4 Å². The minimum Gasteiger partial charge on any atom is -0.399 e. The number of nitrogens with one attached hydrogen (secondary N) is 1. The van der Waals surface area contributed by atoms with Crippen LogP contribution < -0.4 is 10.8 Å². The van der Waals surface area contributed by atoms with Crippen LogP contribution in [0.2, 0.25) is 0 Å². The Balaban J connectivity index is 1.94. The molecule has 0 spiro atoms. The summed E-state index contributed by atoms with van der Waals surface area (Å²) in [6.07, 6.45) is 1.06. The fraction of sp³-hybridized carbons (Fsp3) is 0.474. The fourth-order valence-electron chi connectivity index (χ4n) is 3.26. The number of hydrogen-bond acceptors (Lipinski definition) is 8. The third kappa shape index (κ3) is 3.71. The van der Waals surface area contributed by atoms with E-state index in [0.717, 1.165) is 11.0 Å². The van der Waals surface area contributed by atoms with E-state index in [2.05, 4.69) is 5.32 Å². The van der Waals surface area contributed by atoms with Gasteiger partial charge in [-0.25, -0.2) is 0 Å². The predicted molar refractivity (Wildman–Crippen MR) is 109 cm³/mol. The number of aliphatic hydroxyl groups excluding tert-OH is 1. The molecule has 2 aliphatic heterocycles. The fourth-order valence-corrected chi connectivity index (χ4v) is 3.26. The highest BCUT2D eigenvalue weighted by molar-refractivity contribution is 6.62. The van der Waals surface area contributed by atoms with Crippen molar-refractivity contribution in [2.75, 3.05) is 18.5 Å². The van der Waals surface area contributed by atoms with E-state index in [9.17, 15) is 19.7 Å². The minimum absolute atomic E-state index is 0.0944. The molecule has 0 aliphatic carbocycles. The minimum atomic E-state index is -0.782. The van der Waals surface area contributed by atoms with Crippen molar-refractivity contribution in [2.24, 2.45) is 0 Å². The molecule has 0 radical (unpaired) electrons. The van der Waals surface area contributed by atoms with Crippen molar-refractivity contribution < 1.29 is 28.9 Å². The third-order valence-electron chi connectivity index (χ3n) is 5.65. The molecule has 1 aromatic carbocycles. The molecule has 2 N–H and O–H groups in total. The largest absolute Gasteiger partial charge is 0.495 e. The van der Waals surface area contributed by atoms with Crippen LogP contribution >= 0.6 is 0 Å². The first kappa shape index (κ1) is 21.9. The van der Waals surface area contributed by atoms with E-state index in [1.54, 1.807) is 13.0 Å². The Morgan fingerprint density at radius 2 is 1.80 bits per heavy atom. The van der Waals surface area contributed by atoms with Gasteiger partial charge in [0.05, 0.1) is 29.3 Å². The topological polar surface area (TPSA) is 131 Å². The summed E-state index contributed by atoms with van der Waals surface area (Å²) < 4.78 is 12.0. The molecule has 30 heavy (non-hydrogen) atoms. The summed E-state index contributed by atoms with van der Waals surface area (Å²) in [6.45, 7) is 8.67. The molecule has 0 saturated carbocycles. The van der Waals surface area contributed by atoms with Gasteiger partial charge in [0.15, 0.2) is 0 Å². The number of β-amino-alcohol motifs (C(OH)–C–C–N with tert-alkyl or cyclic N) is 1. The summed E-state index contributed by atoms with van der Waals surface area (Å²) in [4.78, 5) is 36.4. The van der Waals surface area contributed by atoms with Crippen molar-refractivity contribution in [3.8, 4) is 0 Å².